The van der Waals surface area contributed by atoms with E-state index in [1.54, 1.807) is 12.1 Å². The first-order valence-corrected chi connectivity index (χ1v) is 6.83. The lowest BCUT2D eigenvalue weighted by Crippen LogP contribution is -2.37. The van der Waals surface area contributed by atoms with Crippen LogP contribution in [-0.2, 0) is 0 Å². The molecule has 0 unspecified atom stereocenters. The van der Waals surface area contributed by atoms with Gasteiger partial charge in [0.25, 0.3) is 0 Å². The zero-order valence-electron chi connectivity index (χ0n) is 11.0. The molecule has 0 atom stereocenters. The van der Waals surface area contributed by atoms with E-state index >= 15 is 0 Å². The van der Waals surface area contributed by atoms with Gasteiger partial charge >= 0.3 is 0 Å². The van der Waals surface area contributed by atoms with Gasteiger partial charge < -0.3 is 10.0 Å². The molecular formula is C15H20FNO2. The highest BCUT2D eigenvalue weighted by Gasteiger charge is 2.25. The molecule has 4 heteroatoms. The summed E-state index contributed by atoms with van der Waals surface area (Å²) in [7, 11) is 0. The lowest BCUT2D eigenvalue weighted by molar-refractivity contribution is 0.0834. The maximum absolute atomic E-state index is 12.8. The van der Waals surface area contributed by atoms with Crippen molar-refractivity contribution < 1.29 is 14.3 Å². The Balaban J connectivity index is 1.87. The van der Waals surface area contributed by atoms with E-state index in [9.17, 15) is 9.18 Å². The number of ketones is 1. The van der Waals surface area contributed by atoms with Crippen molar-refractivity contribution in [2.45, 2.75) is 19.3 Å². The highest BCUT2D eigenvalue weighted by atomic mass is 19.1. The van der Waals surface area contributed by atoms with Crippen LogP contribution in [0, 0.1) is 11.7 Å². The van der Waals surface area contributed by atoms with Gasteiger partial charge in [0, 0.05) is 24.6 Å². The van der Waals surface area contributed by atoms with E-state index in [0.717, 1.165) is 38.9 Å². The number of aliphatic hydroxyl groups excluding tert-OH is 1. The third-order valence-electron chi connectivity index (χ3n) is 3.72. The number of benzene rings is 1. The number of likely N-dealkylation sites (tertiary alicyclic amines) is 1. The number of Topliss-reactive ketones (excluding diaryl/α,β-unsaturated/α-hetero) is 1. The number of rotatable bonds is 5. The van der Waals surface area contributed by atoms with Gasteiger partial charge in [0.1, 0.15) is 5.82 Å². The Morgan fingerprint density at radius 1 is 1.26 bits per heavy atom. The van der Waals surface area contributed by atoms with E-state index < -0.39 is 0 Å². The molecule has 1 aromatic carbocycles. The Labute approximate surface area is 113 Å². The van der Waals surface area contributed by atoms with Crippen molar-refractivity contribution in [3.05, 3.63) is 35.6 Å². The summed E-state index contributed by atoms with van der Waals surface area (Å²) >= 11 is 0. The minimum absolute atomic E-state index is 0.0517. The van der Waals surface area contributed by atoms with Gasteiger partial charge in [0.2, 0.25) is 0 Å². The molecule has 1 fully saturated rings. The standard InChI is InChI=1S/C15H20FNO2/c16-14-4-2-12(3-5-14)15(19)13-6-9-17(10-7-13)8-1-11-18/h2-5,13,18H,1,6-11H2. The predicted molar refractivity (Wildman–Crippen MR) is 71.6 cm³/mol. The molecule has 104 valence electrons. The Bertz CT molecular complexity index is 411. The minimum Gasteiger partial charge on any atom is -0.396 e. The Morgan fingerprint density at radius 3 is 2.47 bits per heavy atom. The summed E-state index contributed by atoms with van der Waals surface area (Å²) in [4.78, 5) is 14.5. The molecule has 0 amide bonds. The summed E-state index contributed by atoms with van der Waals surface area (Å²) in [5, 5.41) is 8.80. The zero-order chi connectivity index (χ0) is 13.7. The van der Waals surface area contributed by atoms with E-state index in [2.05, 4.69) is 4.90 Å². The van der Waals surface area contributed by atoms with Crippen molar-refractivity contribution in [3.8, 4) is 0 Å². The number of hydrogen-bond donors (Lipinski definition) is 1. The first kappa shape index (κ1) is 14.2. The number of carbonyl (C=O) groups excluding carboxylic acids is 1. The highest BCUT2D eigenvalue weighted by Crippen LogP contribution is 2.22. The summed E-state index contributed by atoms with van der Waals surface area (Å²) in [5.41, 5.74) is 0.607. The van der Waals surface area contributed by atoms with Gasteiger partial charge in [-0.2, -0.15) is 0 Å². The SMILES string of the molecule is O=C(c1ccc(F)cc1)C1CCN(CCCO)CC1. The average Bonchev–Trinajstić information content (AvgIpc) is 2.46. The van der Waals surface area contributed by atoms with Crippen LogP contribution in [-0.4, -0.2) is 42.0 Å². The lowest BCUT2D eigenvalue weighted by Gasteiger charge is -2.31. The molecule has 3 nitrogen and oxygen atoms in total. The van der Waals surface area contributed by atoms with Gasteiger partial charge in [-0.3, -0.25) is 4.79 Å². The van der Waals surface area contributed by atoms with Crippen LogP contribution in [0.3, 0.4) is 0 Å². The van der Waals surface area contributed by atoms with E-state index in [4.69, 9.17) is 5.11 Å². The van der Waals surface area contributed by atoms with Gasteiger partial charge in [-0.15, -0.1) is 0 Å². The number of piperidine rings is 1. The topological polar surface area (TPSA) is 40.5 Å². The van der Waals surface area contributed by atoms with E-state index in [-0.39, 0.29) is 24.1 Å². The number of carbonyl (C=O) groups is 1. The number of hydrogen-bond acceptors (Lipinski definition) is 3. The van der Waals surface area contributed by atoms with E-state index in [1.165, 1.54) is 12.1 Å². The normalized spacial score (nSPS) is 17.6. The van der Waals surface area contributed by atoms with Crippen molar-refractivity contribution in [1.29, 1.82) is 0 Å². The van der Waals surface area contributed by atoms with Crippen molar-refractivity contribution in [2.75, 3.05) is 26.2 Å². The second kappa shape index (κ2) is 6.78. The first-order valence-electron chi connectivity index (χ1n) is 6.83. The molecule has 0 aliphatic carbocycles. The summed E-state index contributed by atoms with van der Waals surface area (Å²) in [6, 6.07) is 5.80. The van der Waals surface area contributed by atoms with Crippen LogP contribution in [0.5, 0.6) is 0 Å². The third kappa shape index (κ3) is 3.85. The second-order valence-electron chi connectivity index (χ2n) is 5.06. The number of halogens is 1. The van der Waals surface area contributed by atoms with Crippen LogP contribution in [0.1, 0.15) is 29.6 Å². The fraction of sp³-hybridized carbons (Fsp3) is 0.533. The fourth-order valence-electron chi connectivity index (χ4n) is 2.56. The van der Waals surface area contributed by atoms with Crippen molar-refractivity contribution in [3.63, 3.8) is 0 Å². The molecule has 1 N–H and O–H groups in total. The first-order chi connectivity index (χ1) is 9.20. The minimum atomic E-state index is -0.310. The molecule has 1 saturated heterocycles. The quantitative estimate of drug-likeness (QED) is 0.829. The maximum Gasteiger partial charge on any atom is 0.166 e. The van der Waals surface area contributed by atoms with Gasteiger partial charge in [-0.05, 0) is 56.6 Å². The van der Waals surface area contributed by atoms with Crippen LogP contribution >= 0.6 is 0 Å². The summed E-state index contributed by atoms with van der Waals surface area (Å²) < 4.78 is 12.8. The molecule has 0 saturated carbocycles. The highest BCUT2D eigenvalue weighted by molar-refractivity contribution is 5.97. The molecule has 0 spiro atoms. The predicted octanol–water partition coefficient (Wildman–Crippen LogP) is 2.10. The molecular weight excluding hydrogens is 245 g/mol. The lowest BCUT2D eigenvalue weighted by atomic mass is 9.89. The average molecular weight is 265 g/mol. The third-order valence-corrected chi connectivity index (χ3v) is 3.72. The number of nitrogens with zero attached hydrogens (tertiary/aromatic N) is 1. The number of aliphatic hydroxyl groups is 1. The Morgan fingerprint density at radius 2 is 1.89 bits per heavy atom. The maximum atomic E-state index is 12.8. The van der Waals surface area contributed by atoms with Crippen LogP contribution in [0.2, 0.25) is 0 Å². The zero-order valence-corrected chi connectivity index (χ0v) is 11.0. The van der Waals surface area contributed by atoms with E-state index in [1.807, 2.05) is 0 Å². The fourth-order valence-corrected chi connectivity index (χ4v) is 2.56. The van der Waals surface area contributed by atoms with Crippen molar-refractivity contribution in [1.82, 2.24) is 4.90 Å². The van der Waals surface area contributed by atoms with Gasteiger partial charge in [-0.25, -0.2) is 4.39 Å². The largest absolute Gasteiger partial charge is 0.396 e. The van der Waals surface area contributed by atoms with Gasteiger partial charge in [0.15, 0.2) is 5.78 Å². The summed E-state index contributed by atoms with van der Waals surface area (Å²) in [6.45, 7) is 2.91. The van der Waals surface area contributed by atoms with Gasteiger partial charge in [0.05, 0.1) is 0 Å². The Kier molecular flexibility index (Phi) is 5.05. The van der Waals surface area contributed by atoms with Gasteiger partial charge in [-0.1, -0.05) is 0 Å². The van der Waals surface area contributed by atoms with Crippen molar-refractivity contribution in [2.24, 2.45) is 5.92 Å². The molecule has 0 bridgehead atoms. The molecule has 2 rings (SSSR count). The van der Waals surface area contributed by atoms with Crippen LogP contribution in [0.15, 0.2) is 24.3 Å². The molecule has 1 aromatic rings. The van der Waals surface area contributed by atoms with E-state index in [0.29, 0.717) is 5.56 Å². The second-order valence-corrected chi connectivity index (χ2v) is 5.06. The molecule has 0 radical (unpaired) electrons. The molecule has 1 aliphatic heterocycles. The molecule has 0 aromatic heterocycles. The smallest absolute Gasteiger partial charge is 0.166 e. The van der Waals surface area contributed by atoms with Crippen LogP contribution in [0.25, 0.3) is 0 Å². The molecule has 1 heterocycles. The Hall–Kier alpha value is -1.26. The van der Waals surface area contributed by atoms with Crippen LogP contribution in [0.4, 0.5) is 4.39 Å². The monoisotopic (exact) mass is 265 g/mol. The molecule has 19 heavy (non-hydrogen) atoms. The van der Waals surface area contributed by atoms with Crippen LogP contribution < -0.4 is 0 Å². The summed E-state index contributed by atoms with van der Waals surface area (Å²) in [5.74, 6) is -0.131. The van der Waals surface area contributed by atoms with Crippen molar-refractivity contribution >= 4 is 5.78 Å². The molecule has 1 aliphatic rings. The summed E-state index contributed by atoms with van der Waals surface area (Å²) in [6.07, 6.45) is 2.49.